The molecule has 0 bridgehead atoms. The number of benzene rings is 1. The van der Waals surface area contributed by atoms with E-state index in [0.29, 0.717) is 18.0 Å². The number of guanidine groups is 1. The third kappa shape index (κ3) is 7.10. The number of hydrogen-bond donors (Lipinski definition) is 1. The lowest BCUT2D eigenvalue weighted by Crippen LogP contribution is -2.52. The number of hydrogen-bond acceptors (Lipinski definition) is 4. The Kier molecular flexibility index (Phi) is 9.15. The zero-order chi connectivity index (χ0) is 20.0. The number of halogens is 4. The minimum atomic E-state index is -4.38. The molecule has 0 aliphatic carbocycles. The maximum Gasteiger partial charge on any atom is 0.434 e. The van der Waals surface area contributed by atoms with Crippen molar-refractivity contribution in [3.63, 3.8) is 0 Å². The number of aromatic nitrogens is 1. The smallest absolute Gasteiger partial charge is 0.356 e. The van der Waals surface area contributed by atoms with Crippen LogP contribution in [0.1, 0.15) is 16.3 Å². The molecule has 0 radical (unpaired) electrons. The van der Waals surface area contributed by atoms with Gasteiger partial charge >= 0.3 is 6.18 Å². The highest BCUT2D eigenvalue weighted by Crippen LogP contribution is 2.30. The van der Waals surface area contributed by atoms with E-state index in [4.69, 9.17) is 0 Å². The minimum absolute atomic E-state index is 0. The average molecular weight is 539 g/mol. The first-order valence-electron chi connectivity index (χ1n) is 9.19. The third-order valence-electron chi connectivity index (χ3n) is 4.60. The number of rotatable bonds is 5. The van der Waals surface area contributed by atoms with Gasteiger partial charge in [0.1, 0.15) is 0 Å². The summed E-state index contributed by atoms with van der Waals surface area (Å²) in [6.45, 7) is 5.05. The monoisotopic (exact) mass is 539 g/mol. The highest BCUT2D eigenvalue weighted by atomic mass is 127. The molecule has 3 rings (SSSR count). The maximum absolute atomic E-state index is 12.6. The van der Waals surface area contributed by atoms with E-state index in [1.54, 1.807) is 7.05 Å². The summed E-state index contributed by atoms with van der Waals surface area (Å²) in [5.74, 6) is 0.784. The van der Waals surface area contributed by atoms with E-state index < -0.39 is 11.9 Å². The van der Waals surface area contributed by atoms with Crippen LogP contribution in [0.25, 0.3) is 0 Å². The fourth-order valence-corrected chi connectivity index (χ4v) is 3.93. The Morgan fingerprint density at radius 3 is 2.45 bits per heavy atom. The van der Waals surface area contributed by atoms with Crippen LogP contribution in [0.15, 0.2) is 40.7 Å². The van der Waals surface area contributed by atoms with Crippen LogP contribution in [0, 0.1) is 0 Å². The molecule has 1 fully saturated rings. The summed E-state index contributed by atoms with van der Waals surface area (Å²) in [6.07, 6.45) is -3.94. The van der Waals surface area contributed by atoms with Crippen molar-refractivity contribution >= 4 is 41.3 Å². The summed E-state index contributed by atoms with van der Waals surface area (Å²) < 4.78 is 37.9. The number of thiazole rings is 1. The zero-order valence-corrected chi connectivity index (χ0v) is 19.3. The topological polar surface area (TPSA) is 43.8 Å². The molecule has 1 aromatic carbocycles. The summed E-state index contributed by atoms with van der Waals surface area (Å²) in [7, 11) is 1.73. The van der Waals surface area contributed by atoms with Crippen LogP contribution >= 0.6 is 35.3 Å². The van der Waals surface area contributed by atoms with Crippen LogP contribution in [0.2, 0.25) is 0 Å². The van der Waals surface area contributed by atoms with Crippen molar-refractivity contribution in [2.75, 3.05) is 39.8 Å². The predicted molar refractivity (Wildman–Crippen MR) is 121 cm³/mol. The molecule has 0 amide bonds. The molecule has 1 aliphatic heterocycles. The lowest BCUT2D eigenvalue weighted by atomic mass is 10.2. The van der Waals surface area contributed by atoms with Gasteiger partial charge in [0.15, 0.2) is 11.7 Å². The van der Waals surface area contributed by atoms with Gasteiger partial charge in [0, 0.05) is 58.1 Å². The average Bonchev–Trinajstić information content (AvgIpc) is 3.16. The van der Waals surface area contributed by atoms with Crippen LogP contribution < -0.4 is 5.32 Å². The molecule has 2 aromatic rings. The SMILES string of the molecule is CN=C(NCCc1nc(C(F)(F)F)cs1)N1CCN(Cc2ccccc2)CC1.I. The molecule has 0 spiro atoms. The van der Waals surface area contributed by atoms with Gasteiger partial charge in [0.25, 0.3) is 0 Å². The van der Waals surface area contributed by atoms with E-state index >= 15 is 0 Å². The Morgan fingerprint density at radius 2 is 1.86 bits per heavy atom. The van der Waals surface area contributed by atoms with E-state index in [-0.39, 0.29) is 24.0 Å². The van der Waals surface area contributed by atoms with Gasteiger partial charge in [0.2, 0.25) is 0 Å². The highest BCUT2D eigenvalue weighted by Gasteiger charge is 2.33. The Bertz CT molecular complexity index is 774. The first-order valence-corrected chi connectivity index (χ1v) is 10.1. The number of alkyl halides is 3. The maximum atomic E-state index is 12.6. The molecular weight excluding hydrogens is 514 g/mol. The Morgan fingerprint density at radius 1 is 1.17 bits per heavy atom. The number of nitrogens with one attached hydrogen (secondary N) is 1. The molecule has 1 aliphatic rings. The lowest BCUT2D eigenvalue weighted by molar-refractivity contribution is -0.140. The summed E-state index contributed by atoms with van der Waals surface area (Å²) in [5.41, 5.74) is 0.492. The van der Waals surface area contributed by atoms with Gasteiger partial charge in [-0.3, -0.25) is 9.89 Å². The van der Waals surface area contributed by atoms with E-state index in [1.165, 1.54) is 5.56 Å². The molecule has 160 valence electrons. The minimum Gasteiger partial charge on any atom is -0.356 e. The molecule has 5 nitrogen and oxygen atoms in total. The molecule has 29 heavy (non-hydrogen) atoms. The van der Waals surface area contributed by atoms with Crippen molar-refractivity contribution in [1.29, 1.82) is 0 Å². The standard InChI is InChI=1S/C19H24F3N5S.HI/c1-23-18(24-8-7-17-25-16(14-28-17)19(20,21)22)27-11-9-26(10-12-27)13-15-5-3-2-4-6-15;/h2-6,14H,7-13H2,1H3,(H,23,24);1H. The molecule has 0 atom stereocenters. The van der Waals surface area contributed by atoms with Gasteiger partial charge in [-0.05, 0) is 5.56 Å². The first kappa shape index (κ1) is 23.9. The van der Waals surface area contributed by atoms with Crippen molar-refractivity contribution in [3.8, 4) is 0 Å². The van der Waals surface area contributed by atoms with E-state index in [0.717, 1.165) is 55.4 Å². The van der Waals surface area contributed by atoms with Gasteiger partial charge in [-0.1, -0.05) is 30.3 Å². The number of piperazine rings is 1. The quantitative estimate of drug-likeness (QED) is 0.358. The van der Waals surface area contributed by atoms with Crippen molar-refractivity contribution in [2.45, 2.75) is 19.1 Å². The molecule has 0 saturated carbocycles. The third-order valence-corrected chi connectivity index (χ3v) is 5.51. The van der Waals surface area contributed by atoms with Crippen LogP contribution in [-0.2, 0) is 19.1 Å². The van der Waals surface area contributed by atoms with Crippen molar-refractivity contribution < 1.29 is 13.2 Å². The molecule has 10 heteroatoms. The van der Waals surface area contributed by atoms with E-state index in [1.807, 2.05) is 6.07 Å². The van der Waals surface area contributed by atoms with Crippen molar-refractivity contribution in [2.24, 2.45) is 4.99 Å². The molecule has 0 unspecified atom stereocenters. The highest BCUT2D eigenvalue weighted by molar-refractivity contribution is 14.0. The largest absolute Gasteiger partial charge is 0.434 e. The van der Waals surface area contributed by atoms with Gasteiger partial charge < -0.3 is 10.2 Å². The fourth-order valence-electron chi connectivity index (χ4n) is 3.13. The van der Waals surface area contributed by atoms with Crippen LogP contribution in [0.4, 0.5) is 13.2 Å². The van der Waals surface area contributed by atoms with Crippen LogP contribution in [-0.4, -0.2) is 60.5 Å². The first-order chi connectivity index (χ1) is 13.5. The van der Waals surface area contributed by atoms with Gasteiger partial charge in [0.05, 0.1) is 5.01 Å². The second-order valence-corrected chi connectivity index (χ2v) is 7.54. The molecule has 1 saturated heterocycles. The molecular formula is C19H25F3IN5S. The summed E-state index contributed by atoms with van der Waals surface area (Å²) >= 11 is 1.04. The fraction of sp³-hybridized carbons (Fsp3) is 0.474. The number of aliphatic imine (C=N–C) groups is 1. The second-order valence-electron chi connectivity index (χ2n) is 6.60. The van der Waals surface area contributed by atoms with Gasteiger partial charge in [-0.15, -0.1) is 35.3 Å². The van der Waals surface area contributed by atoms with Gasteiger partial charge in [-0.2, -0.15) is 13.2 Å². The van der Waals surface area contributed by atoms with Crippen molar-refractivity contribution in [3.05, 3.63) is 52.0 Å². The normalized spacial score (nSPS) is 15.9. The lowest BCUT2D eigenvalue weighted by Gasteiger charge is -2.36. The zero-order valence-electron chi connectivity index (χ0n) is 16.2. The summed E-state index contributed by atoms with van der Waals surface area (Å²) in [5, 5.41) is 4.78. The summed E-state index contributed by atoms with van der Waals surface area (Å²) in [6, 6.07) is 10.4. The van der Waals surface area contributed by atoms with Crippen LogP contribution in [0.5, 0.6) is 0 Å². The second kappa shape index (κ2) is 11.1. The Balaban J connectivity index is 0.00000300. The van der Waals surface area contributed by atoms with Crippen LogP contribution in [0.3, 0.4) is 0 Å². The summed E-state index contributed by atoms with van der Waals surface area (Å²) in [4.78, 5) is 12.6. The van der Waals surface area contributed by atoms with E-state index in [9.17, 15) is 13.2 Å². The Labute approximate surface area is 190 Å². The van der Waals surface area contributed by atoms with Gasteiger partial charge in [-0.25, -0.2) is 4.98 Å². The van der Waals surface area contributed by atoms with Crippen molar-refractivity contribution in [1.82, 2.24) is 20.1 Å². The number of nitrogens with zero attached hydrogens (tertiary/aromatic N) is 4. The molecule has 1 aromatic heterocycles. The predicted octanol–water partition coefficient (Wildman–Crippen LogP) is 3.72. The molecule has 1 N–H and O–H groups in total. The Hall–Kier alpha value is -1.40. The van der Waals surface area contributed by atoms with E-state index in [2.05, 4.69) is 49.4 Å². The molecule has 2 heterocycles.